The summed E-state index contributed by atoms with van der Waals surface area (Å²) in [6.07, 6.45) is 3.23. The lowest BCUT2D eigenvalue weighted by Gasteiger charge is -2.38. The number of hydrogen-bond acceptors (Lipinski definition) is 4. The molecule has 0 aliphatic carbocycles. The Bertz CT molecular complexity index is 395. The second-order valence-electron chi connectivity index (χ2n) is 5.74. The van der Waals surface area contributed by atoms with E-state index in [2.05, 4.69) is 53.0 Å². The number of rotatable bonds is 5. The topological polar surface area (TPSA) is 31.4 Å². The third-order valence-electron chi connectivity index (χ3n) is 4.56. The van der Waals surface area contributed by atoms with Crippen molar-refractivity contribution in [3.63, 3.8) is 0 Å². The van der Waals surface area contributed by atoms with Gasteiger partial charge < -0.3 is 10.2 Å². The molecule has 2 unspecified atom stereocenters. The van der Waals surface area contributed by atoms with Crippen LogP contribution in [0.5, 0.6) is 0 Å². The summed E-state index contributed by atoms with van der Waals surface area (Å²) < 4.78 is 0. The lowest BCUT2D eigenvalue weighted by atomic mass is 10.1. The first kappa shape index (κ1) is 15.3. The van der Waals surface area contributed by atoms with E-state index in [0.29, 0.717) is 12.1 Å². The molecule has 0 radical (unpaired) electrons. The maximum atomic E-state index is 4.63. The molecule has 1 N–H and O–H groups in total. The van der Waals surface area contributed by atoms with E-state index in [9.17, 15) is 0 Å². The minimum atomic E-state index is 0.360. The fourth-order valence-electron chi connectivity index (χ4n) is 2.66. The van der Waals surface area contributed by atoms with E-state index in [-0.39, 0.29) is 0 Å². The molecule has 1 aromatic heterocycles. The highest BCUT2D eigenvalue weighted by Crippen LogP contribution is 2.18. The molecule has 0 bridgehead atoms. The van der Waals surface area contributed by atoms with Crippen LogP contribution in [0.1, 0.15) is 38.8 Å². The van der Waals surface area contributed by atoms with Gasteiger partial charge in [-0.25, -0.2) is 4.98 Å². The molecule has 0 aromatic carbocycles. The average Bonchev–Trinajstić information content (AvgIpc) is 2.53. The second-order valence-corrected chi connectivity index (χ2v) is 5.74. The lowest BCUT2D eigenvalue weighted by Crippen LogP contribution is -2.49. The maximum Gasteiger partial charge on any atom is 0.128 e. The molecule has 0 amide bonds. The van der Waals surface area contributed by atoms with Crippen molar-refractivity contribution in [1.29, 1.82) is 0 Å². The second kappa shape index (κ2) is 7.04. The summed E-state index contributed by atoms with van der Waals surface area (Å²) in [6, 6.07) is 5.40. The van der Waals surface area contributed by atoms with Gasteiger partial charge in [0.05, 0.1) is 0 Å². The van der Waals surface area contributed by atoms with Crippen LogP contribution in [0.3, 0.4) is 0 Å². The van der Waals surface area contributed by atoms with Crippen molar-refractivity contribution >= 4 is 5.82 Å². The standard InChI is InChI=1S/C16H28N4/c1-5-13(2)19-8-10-20(11-9-19)16-7-6-15(12-18-16)14(3)17-4/h6-7,12-14,17H,5,8-11H2,1-4H3. The Morgan fingerprint density at radius 3 is 2.40 bits per heavy atom. The molecule has 0 spiro atoms. The number of hydrogen-bond donors (Lipinski definition) is 1. The van der Waals surface area contributed by atoms with Crippen LogP contribution in [0, 0.1) is 0 Å². The molecule has 1 aromatic rings. The van der Waals surface area contributed by atoms with Gasteiger partial charge in [-0.05, 0) is 38.9 Å². The Balaban J connectivity index is 1.93. The fraction of sp³-hybridized carbons (Fsp3) is 0.688. The summed E-state index contributed by atoms with van der Waals surface area (Å²) in [4.78, 5) is 9.60. The van der Waals surface area contributed by atoms with Crippen LogP contribution in [0.25, 0.3) is 0 Å². The molecule has 2 rings (SSSR count). The van der Waals surface area contributed by atoms with E-state index in [1.807, 2.05) is 13.2 Å². The Morgan fingerprint density at radius 1 is 1.20 bits per heavy atom. The van der Waals surface area contributed by atoms with Gasteiger partial charge in [-0.1, -0.05) is 13.0 Å². The van der Waals surface area contributed by atoms with Gasteiger partial charge in [-0.15, -0.1) is 0 Å². The van der Waals surface area contributed by atoms with E-state index >= 15 is 0 Å². The Morgan fingerprint density at radius 2 is 1.90 bits per heavy atom. The van der Waals surface area contributed by atoms with Gasteiger partial charge in [-0.3, -0.25) is 4.90 Å². The normalized spacial score (nSPS) is 19.9. The van der Waals surface area contributed by atoms with E-state index in [1.54, 1.807) is 0 Å². The molecule has 1 aliphatic heterocycles. The predicted molar refractivity (Wildman–Crippen MR) is 85.3 cm³/mol. The van der Waals surface area contributed by atoms with Crippen molar-refractivity contribution in [2.75, 3.05) is 38.1 Å². The van der Waals surface area contributed by atoms with Crippen LogP contribution < -0.4 is 10.2 Å². The third-order valence-corrected chi connectivity index (χ3v) is 4.56. The Labute approximate surface area is 123 Å². The number of aromatic nitrogens is 1. The van der Waals surface area contributed by atoms with Crippen LogP contribution in [-0.4, -0.2) is 49.2 Å². The van der Waals surface area contributed by atoms with Crippen molar-refractivity contribution in [3.05, 3.63) is 23.9 Å². The van der Waals surface area contributed by atoms with Crippen molar-refractivity contribution in [2.24, 2.45) is 0 Å². The molecular weight excluding hydrogens is 248 g/mol. The molecule has 1 aliphatic rings. The summed E-state index contributed by atoms with van der Waals surface area (Å²) in [7, 11) is 1.98. The number of anilines is 1. The molecule has 1 fully saturated rings. The molecular formula is C16H28N4. The predicted octanol–water partition coefficient (Wildman–Crippen LogP) is 2.28. The highest BCUT2D eigenvalue weighted by molar-refractivity contribution is 5.40. The van der Waals surface area contributed by atoms with Gasteiger partial charge in [0.2, 0.25) is 0 Å². The molecule has 1 saturated heterocycles. The lowest BCUT2D eigenvalue weighted by molar-refractivity contribution is 0.192. The zero-order valence-corrected chi connectivity index (χ0v) is 13.3. The van der Waals surface area contributed by atoms with Crippen molar-refractivity contribution in [2.45, 2.75) is 39.3 Å². The zero-order chi connectivity index (χ0) is 14.5. The quantitative estimate of drug-likeness (QED) is 0.894. The van der Waals surface area contributed by atoms with Crippen LogP contribution in [0.15, 0.2) is 18.3 Å². The summed E-state index contributed by atoms with van der Waals surface area (Å²) >= 11 is 0. The third kappa shape index (κ3) is 3.49. The van der Waals surface area contributed by atoms with Crippen molar-refractivity contribution in [3.8, 4) is 0 Å². The Hall–Kier alpha value is -1.13. The first-order valence-electron chi connectivity index (χ1n) is 7.78. The number of nitrogens with zero attached hydrogens (tertiary/aromatic N) is 3. The van der Waals surface area contributed by atoms with Crippen LogP contribution >= 0.6 is 0 Å². The summed E-state index contributed by atoms with van der Waals surface area (Å²) in [5, 5.41) is 3.24. The van der Waals surface area contributed by atoms with Gasteiger partial charge in [-0.2, -0.15) is 0 Å². The van der Waals surface area contributed by atoms with E-state index < -0.39 is 0 Å². The van der Waals surface area contributed by atoms with Gasteiger partial charge >= 0.3 is 0 Å². The summed E-state index contributed by atoms with van der Waals surface area (Å²) in [6.45, 7) is 11.2. The van der Waals surface area contributed by atoms with Gasteiger partial charge in [0.1, 0.15) is 5.82 Å². The molecule has 20 heavy (non-hydrogen) atoms. The number of piperazine rings is 1. The monoisotopic (exact) mass is 276 g/mol. The minimum Gasteiger partial charge on any atom is -0.354 e. The van der Waals surface area contributed by atoms with Crippen molar-refractivity contribution in [1.82, 2.24) is 15.2 Å². The van der Waals surface area contributed by atoms with Crippen LogP contribution in [0.4, 0.5) is 5.82 Å². The average molecular weight is 276 g/mol. The molecule has 0 saturated carbocycles. The Kier molecular flexibility index (Phi) is 5.38. The molecule has 112 valence electrons. The molecule has 2 heterocycles. The minimum absolute atomic E-state index is 0.360. The fourth-order valence-corrected chi connectivity index (χ4v) is 2.66. The SMILES string of the molecule is CCC(C)N1CCN(c2ccc(C(C)NC)cn2)CC1. The smallest absolute Gasteiger partial charge is 0.128 e. The largest absolute Gasteiger partial charge is 0.354 e. The summed E-state index contributed by atoms with van der Waals surface area (Å²) in [5.41, 5.74) is 1.24. The molecule has 4 nitrogen and oxygen atoms in total. The molecule has 2 atom stereocenters. The zero-order valence-electron chi connectivity index (χ0n) is 13.3. The highest BCUT2D eigenvalue weighted by Gasteiger charge is 2.20. The van der Waals surface area contributed by atoms with Gasteiger partial charge in [0, 0.05) is 44.5 Å². The summed E-state index contributed by atoms with van der Waals surface area (Å²) in [5.74, 6) is 1.11. The number of nitrogens with one attached hydrogen (secondary N) is 1. The highest BCUT2D eigenvalue weighted by atomic mass is 15.3. The van der Waals surface area contributed by atoms with Crippen molar-refractivity contribution < 1.29 is 0 Å². The van der Waals surface area contributed by atoms with E-state index in [4.69, 9.17) is 0 Å². The first-order valence-corrected chi connectivity index (χ1v) is 7.78. The van der Waals surface area contributed by atoms with Gasteiger partial charge in [0.25, 0.3) is 0 Å². The van der Waals surface area contributed by atoms with E-state index in [0.717, 1.165) is 32.0 Å². The first-order chi connectivity index (χ1) is 9.65. The molecule has 4 heteroatoms. The maximum absolute atomic E-state index is 4.63. The van der Waals surface area contributed by atoms with Gasteiger partial charge in [0.15, 0.2) is 0 Å². The van der Waals surface area contributed by atoms with Crippen LogP contribution in [-0.2, 0) is 0 Å². The number of pyridine rings is 1. The van der Waals surface area contributed by atoms with E-state index in [1.165, 1.54) is 12.0 Å². The van der Waals surface area contributed by atoms with Crippen LogP contribution in [0.2, 0.25) is 0 Å².